The molecule has 0 saturated carbocycles. The molecular weight excluding hydrogens is 234 g/mol. The average molecular weight is 257 g/mol. The van der Waals surface area contributed by atoms with Crippen LogP contribution >= 0.6 is 0 Å². The molecule has 102 valence electrons. The maximum Gasteiger partial charge on any atom is 0.0645 e. The van der Waals surface area contributed by atoms with Crippen molar-refractivity contribution in [1.29, 1.82) is 0 Å². The Labute approximate surface area is 115 Å². The average Bonchev–Trinajstić information content (AvgIpc) is 2.93. The summed E-state index contributed by atoms with van der Waals surface area (Å²) in [7, 11) is 0. The third kappa shape index (κ3) is 3.93. The van der Waals surface area contributed by atoms with Gasteiger partial charge in [0.2, 0.25) is 0 Å². The molecule has 0 aliphatic rings. The van der Waals surface area contributed by atoms with E-state index in [0.29, 0.717) is 5.41 Å². The lowest BCUT2D eigenvalue weighted by molar-refractivity contribution is 0.327. The molecule has 0 aliphatic carbocycles. The number of hydrogen-bond donors (Lipinski definition) is 1. The summed E-state index contributed by atoms with van der Waals surface area (Å²) in [5.74, 6) is 0. The second-order valence-electron chi connectivity index (χ2n) is 5.74. The fraction of sp³-hybridized carbons (Fsp3) is 0.438. The van der Waals surface area contributed by atoms with E-state index in [9.17, 15) is 0 Å². The smallest absolute Gasteiger partial charge is 0.0645 e. The fourth-order valence-corrected chi connectivity index (χ4v) is 1.86. The summed E-state index contributed by atoms with van der Waals surface area (Å²) in [4.78, 5) is 0. The van der Waals surface area contributed by atoms with Crippen molar-refractivity contribution in [3.05, 3.63) is 48.3 Å². The minimum atomic E-state index is 0.370. The van der Waals surface area contributed by atoms with Gasteiger partial charge in [-0.3, -0.25) is 0 Å². The van der Waals surface area contributed by atoms with E-state index in [-0.39, 0.29) is 0 Å². The lowest BCUT2D eigenvalue weighted by Gasteiger charge is -2.23. The summed E-state index contributed by atoms with van der Waals surface area (Å²) in [5, 5.41) is 7.75. The highest BCUT2D eigenvalue weighted by atomic mass is 15.3. The predicted octanol–water partition coefficient (Wildman–Crippen LogP) is 3.40. The summed E-state index contributed by atoms with van der Waals surface area (Å²) in [6, 6.07) is 10.5. The van der Waals surface area contributed by atoms with Crippen LogP contribution in [0.15, 0.2) is 42.7 Å². The summed E-state index contributed by atoms with van der Waals surface area (Å²) in [6.07, 6.45) is 4.94. The molecule has 0 amide bonds. The first kappa shape index (κ1) is 13.8. The molecule has 1 heterocycles. The molecular formula is C16H23N3. The van der Waals surface area contributed by atoms with E-state index >= 15 is 0 Å². The van der Waals surface area contributed by atoms with E-state index in [1.54, 1.807) is 6.20 Å². The van der Waals surface area contributed by atoms with Gasteiger partial charge in [0.05, 0.1) is 5.69 Å². The molecule has 0 fully saturated rings. The maximum atomic E-state index is 4.22. The van der Waals surface area contributed by atoms with Crippen LogP contribution in [0.25, 0.3) is 5.69 Å². The number of nitrogens with zero attached hydrogens (tertiary/aromatic N) is 2. The molecule has 0 unspecified atom stereocenters. The summed E-state index contributed by atoms with van der Waals surface area (Å²) >= 11 is 0. The predicted molar refractivity (Wildman–Crippen MR) is 79.3 cm³/mol. The van der Waals surface area contributed by atoms with Crippen molar-refractivity contribution in [2.24, 2.45) is 5.41 Å². The zero-order chi connectivity index (χ0) is 13.7. The Morgan fingerprint density at radius 3 is 2.53 bits per heavy atom. The van der Waals surface area contributed by atoms with Crippen LogP contribution in [0, 0.1) is 5.41 Å². The third-order valence-electron chi connectivity index (χ3n) is 3.60. The fourth-order valence-electron chi connectivity index (χ4n) is 1.86. The second kappa shape index (κ2) is 6.02. The monoisotopic (exact) mass is 257 g/mol. The highest BCUT2D eigenvalue weighted by Gasteiger charge is 2.13. The lowest BCUT2D eigenvalue weighted by Crippen LogP contribution is -2.28. The van der Waals surface area contributed by atoms with Crippen molar-refractivity contribution >= 4 is 0 Å². The zero-order valence-corrected chi connectivity index (χ0v) is 12.1. The Bertz CT molecular complexity index is 483. The van der Waals surface area contributed by atoms with Gasteiger partial charge in [-0.05, 0) is 35.6 Å². The highest BCUT2D eigenvalue weighted by Crippen LogP contribution is 2.18. The second-order valence-corrected chi connectivity index (χ2v) is 5.74. The number of aromatic nitrogens is 2. The molecule has 0 atom stereocenters. The Kier molecular flexibility index (Phi) is 4.38. The van der Waals surface area contributed by atoms with Crippen molar-refractivity contribution in [1.82, 2.24) is 15.1 Å². The van der Waals surface area contributed by atoms with Crippen LogP contribution in [0.3, 0.4) is 0 Å². The molecule has 3 nitrogen and oxygen atoms in total. The quantitative estimate of drug-likeness (QED) is 0.859. The van der Waals surface area contributed by atoms with Crippen molar-refractivity contribution in [2.75, 3.05) is 6.54 Å². The van der Waals surface area contributed by atoms with Gasteiger partial charge in [-0.25, -0.2) is 4.68 Å². The van der Waals surface area contributed by atoms with Crippen LogP contribution in [0.4, 0.5) is 0 Å². The first-order valence-electron chi connectivity index (χ1n) is 6.90. The number of nitrogens with one attached hydrogen (secondary N) is 1. The van der Waals surface area contributed by atoms with Crippen molar-refractivity contribution < 1.29 is 0 Å². The van der Waals surface area contributed by atoms with E-state index in [0.717, 1.165) is 18.8 Å². The molecule has 1 aromatic carbocycles. The van der Waals surface area contributed by atoms with Crippen LogP contribution in [0.1, 0.15) is 32.8 Å². The number of rotatable bonds is 6. The molecule has 0 bridgehead atoms. The topological polar surface area (TPSA) is 29.9 Å². The summed E-state index contributed by atoms with van der Waals surface area (Å²) in [5.41, 5.74) is 2.78. The number of benzene rings is 1. The van der Waals surface area contributed by atoms with Gasteiger partial charge in [0.25, 0.3) is 0 Å². The Balaban J connectivity index is 1.89. The van der Waals surface area contributed by atoms with Gasteiger partial charge in [0.15, 0.2) is 0 Å². The lowest BCUT2D eigenvalue weighted by atomic mass is 9.90. The van der Waals surface area contributed by atoms with Crippen molar-refractivity contribution in [3.63, 3.8) is 0 Å². The Hall–Kier alpha value is -1.61. The molecule has 0 saturated heterocycles. The zero-order valence-electron chi connectivity index (χ0n) is 12.1. The van der Waals surface area contributed by atoms with Crippen LogP contribution in [0.2, 0.25) is 0 Å². The van der Waals surface area contributed by atoms with Crippen LogP contribution in [0.5, 0.6) is 0 Å². The van der Waals surface area contributed by atoms with E-state index in [1.165, 1.54) is 12.0 Å². The van der Waals surface area contributed by atoms with Gasteiger partial charge >= 0.3 is 0 Å². The molecule has 1 aromatic heterocycles. The molecule has 2 aromatic rings. The molecule has 0 aliphatic heterocycles. The largest absolute Gasteiger partial charge is 0.312 e. The molecule has 3 heteroatoms. The molecule has 0 spiro atoms. The van der Waals surface area contributed by atoms with Gasteiger partial charge in [0, 0.05) is 25.5 Å². The van der Waals surface area contributed by atoms with E-state index < -0.39 is 0 Å². The minimum Gasteiger partial charge on any atom is -0.312 e. The van der Waals surface area contributed by atoms with E-state index in [1.807, 2.05) is 16.9 Å². The van der Waals surface area contributed by atoms with Gasteiger partial charge in [-0.15, -0.1) is 0 Å². The molecule has 0 radical (unpaired) electrons. The van der Waals surface area contributed by atoms with E-state index in [4.69, 9.17) is 0 Å². The van der Waals surface area contributed by atoms with Gasteiger partial charge in [-0.2, -0.15) is 5.10 Å². The Morgan fingerprint density at radius 2 is 1.95 bits per heavy atom. The van der Waals surface area contributed by atoms with Crippen LogP contribution in [-0.2, 0) is 6.54 Å². The maximum absolute atomic E-state index is 4.22. The van der Waals surface area contributed by atoms with E-state index in [2.05, 4.69) is 55.5 Å². The van der Waals surface area contributed by atoms with Crippen LogP contribution < -0.4 is 5.32 Å². The standard InChI is InChI=1S/C16H23N3/c1-4-16(2,3)13-17-12-14-6-8-15(9-7-14)19-11-5-10-18-19/h5-11,17H,4,12-13H2,1-3H3. The van der Waals surface area contributed by atoms with Crippen LogP contribution in [-0.4, -0.2) is 16.3 Å². The van der Waals surface area contributed by atoms with Gasteiger partial charge < -0.3 is 5.32 Å². The summed E-state index contributed by atoms with van der Waals surface area (Å²) in [6.45, 7) is 8.79. The van der Waals surface area contributed by atoms with Gasteiger partial charge in [0.1, 0.15) is 0 Å². The molecule has 19 heavy (non-hydrogen) atoms. The number of hydrogen-bond acceptors (Lipinski definition) is 2. The SMILES string of the molecule is CCC(C)(C)CNCc1ccc(-n2cccn2)cc1. The molecule has 2 rings (SSSR count). The van der Waals surface area contributed by atoms with Gasteiger partial charge in [-0.1, -0.05) is 32.9 Å². The first-order chi connectivity index (χ1) is 9.11. The summed E-state index contributed by atoms with van der Waals surface area (Å²) < 4.78 is 1.87. The molecule has 1 N–H and O–H groups in total. The third-order valence-corrected chi connectivity index (χ3v) is 3.60. The minimum absolute atomic E-state index is 0.370. The Morgan fingerprint density at radius 1 is 1.21 bits per heavy atom. The highest BCUT2D eigenvalue weighted by molar-refractivity contribution is 5.33. The first-order valence-corrected chi connectivity index (χ1v) is 6.90. The van der Waals surface area contributed by atoms with Crippen molar-refractivity contribution in [3.8, 4) is 5.69 Å². The van der Waals surface area contributed by atoms with Crippen molar-refractivity contribution in [2.45, 2.75) is 33.7 Å². The normalized spacial score (nSPS) is 11.7.